The number of benzene rings is 1. The molecular formula is C16H16F3N3O3. The van der Waals surface area contributed by atoms with Gasteiger partial charge in [-0.25, -0.2) is 0 Å². The first-order chi connectivity index (χ1) is 11.7. The van der Waals surface area contributed by atoms with Crippen LogP contribution in [-0.2, 0) is 4.79 Å². The zero-order valence-electron chi connectivity index (χ0n) is 13.3. The molecule has 134 valence electrons. The van der Waals surface area contributed by atoms with Crippen LogP contribution in [-0.4, -0.2) is 47.7 Å². The van der Waals surface area contributed by atoms with Gasteiger partial charge in [0.05, 0.1) is 0 Å². The van der Waals surface area contributed by atoms with Crippen LogP contribution in [0, 0.1) is 0 Å². The number of hydrogen-bond acceptors (Lipinski definition) is 3. The van der Waals surface area contributed by atoms with E-state index < -0.39 is 12.3 Å². The molecule has 9 heteroatoms. The minimum absolute atomic E-state index is 0.0397. The largest absolute Gasteiger partial charge is 0.573 e. The number of nitrogens with one attached hydrogen (secondary N) is 2. The number of aromatic nitrogens is 1. The molecule has 2 heterocycles. The van der Waals surface area contributed by atoms with E-state index in [2.05, 4.69) is 15.0 Å². The Morgan fingerprint density at radius 1 is 1.36 bits per heavy atom. The van der Waals surface area contributed by atoms with E-state index in [0.717, 1.165) is 0 Å². The molecule has 0 saturated carbocycles. The maximum atomic E-state index is 12.3. The predicted octanol–water partition coefficient (Wildman–Crippen LogP) is 2.42. The van der Waals surface area contributed by atoms with Crippen LogP contribution >= 0.6 is 0 Å². The second-order valence-electron chi connectivity index (χ2n) is 5.96. The maximum absolute atomic E-state index is 12.3. The van der Waals surface area contributed by atoms with Crippen LogP contribution in [0.25, 0.3) is 10.9 Å². The van der Waals surface area contributed by atoms with E-state index in [1.165, 1.54) is 18.2 Å². The molecule has 2 amide bonds. The van der Waals surface area contributed by atoms with Gasteiger partial charge in [0.2, 0.25) is 5.91 Å². The third-order valence-electron chi connectivity index (χ3n) is 4.07. The average molecular weight is 355 g/mol. The molecule has 25 heavy (non-hydrogen) atoms. The fraction of sp³-hybridized carbons (Fsp3) is 0.375. The number of halogens is 3. The molecule has 3 rings (SSSR count). The number of H-pyrrole nitrogens is 1. The Morgan fingerprint density at radius 2 is 2.12 bits per heavy atom. The number of fused-ring (bicyclic) bond motifs is 1. The van der Waals surface area contributed by atoms with E-state index in [4.69, 9.17) is 0 Å². The predicted molar refractivity (Wildman–Crippen MR) is 83.1 cm³/mol. The Balaban J connectivity index is 1.72. The first kappa shape index (κ1) is 17.1. The van der Waals surface area contributed by atoms with Crippen molar-refractivity contribution in [3.63, 3.8) is 0 Å². The molecule has 0 bridgehead atoms. The van der Waals surface area contributed by atoms with Gasteiger partial charge in [-0.2, -0.15) is 0 Å². The standard InChI is InChI=1S/C16H16F3N3O3/c1-22-5-4-10(7-14(22)23)20-15(24)13-6-9-2-3-11(8-12(9)21-13)25-16(17,18)19/h2-3,6,8,10,21H,4-5,7H2,1H3,(H,20,24). The second-order valence-corrected chi connectivity index (χ2v) is 5.96. The van der Waals surface area contributed by atoms with Crippen LogP contribution < -0.4 is 10.1 Å². The normalized spacial score (nSPS) is 18.5. The third-order valence-corrected chi connectivity index (χ3v) is 4.07. The summed E-state index contributed by atoms with van der Waals surface area (Å²) in [6.45, 7) is 0.564. The molecule has 0 radical (unpaired) electrons. The summed E-state index contributed by atoms with van der Waals surface area (Å²) >= 11 is 0. The molecule has 2 N–H and O–H groups in total. The Labute approximate surface area is 140 Å². The van der Waals surface area contributed by atoms with Gasteiger partial charge in [-0.15, -0.1) is 13.2 Å². The van der Waals surface area contributed by atoms with Crippen molar-refractivity contribution in [3.8, 4) is 5.75 Å². The van der Waals surface area contributed by atoms with Gasteiger partial charge in [0.15, 0.2) is 0 Å². The summed E-state index contributed by atoms with van der Waals surface area (Å²) in [7, 11) is 1.71. The molecular weight excluding hydrogens is 339 g/mol. The maximum Gasteiger partial charge on any atom is 0.573 e. The van der Waals surface area contributed by atoms with E-state index >= 15 is 0 Å². The molecule has 0 aliphatic carbocycles. The van der Waals surface area contributed by atoms with E-state index in [9.17, 15) is 22.8 Å². The Kier molecular flexibility index (Phi) is 4.32. The number of ether oxygens (including phenoxy) is 1. The molecule has 1 saturated heterocycles. The van der Waals surface area contributed by atoms with Gasteiger partial charge >= 0.3 is 6.36 Å². The van der Waals surface area contributed by atoms with Crippen molar-refractivity contribution in [3.05, 3.63) is 30.0 Å². The highest BCUT2D eigenvalue weighted by Gasteiger charge is 2.31. The van der Waals surface area contributed by atoms with Gasteiger partial charge in [0.1, 0.15) is 11.4 Å². The summed E-state index contributed by atoms with van der Waals surface area (Å²) < 4.78 is 40.7. The molecule has 1 aromatic carbocycles. The number of hydrogen-bond donors (Lipinski definition) is 2. The van der Waals surface area contributed by atoms with Gasteiger partial charge in [0.25, 0.3) is 5.91 Å². The summed E-state index contributed by atoms with van der Waals surface area (Å²) in [4.78, 5) is 28.4. The molecule has 1 aromatic heterocycles. The number of piperidine rings is 1. The van der Waals surface area contributed by atoms with Crippen LogP contribution in [0.3, 0.4) is 0 Å². The highest BCUT2D eigenvalue weighted by Crippen LogP contribution is 2.26. The zero-order valence-corrected chi connectivity index (χ0v) is 13.3. The van der Waals surface area contributed by atoms with Crippen molar-refractivity contribution in [2.45, 2.75) is 25.2 Å². The van der Waals surface area contributed by atoms with E-state index in [1.54, 1.807) is 18.0 Å². The number of carbonyl (C=O) groups is 2. The fourth-order valence-electron chi connectivity index (χ4n) is 2.75. The lowest BCUT2D eigenvalue weighted by Gasteiger charge is -2.29. The lowest BCUT2D eigenvalue weighted by molar-refractivity contribution is -0.274. The highest BCUT2D eigenvalue weighted by molar-refractivity contribution is 5.98. The van der Waals surface area contributed by atoms with Crippen molar-refractivity contribution in [1.82, 2.24) is 15.2 Å². The van der Waals surface area contributed by atoms with Crippen LogP contribution in [0.2, 0.25) is 0 Å². The van der Waals surface area contributed by atoms with Crippen molar-refractivity contribution in [2.75, 3.05) is 13.6 Å². The summed E-state index contributed by atoms with van der Waals surface area (Å²) in [5, 5.41) is 3.35. The molecule has 1 atom stereocenters. The van der Waals surface area contributed by atoms with Crippen LogP contribution in [0.1, 0.15) is 23.3 Å². The van der Waals surface area contributed by atoms with Gasteiger partial charge in [-0.1, -0.05) is 0 Å². The molecule has 1 aliphatic heterocycles. The SMILES string of the molecule is CN1CCC(NC(=O)c2cc3ccc(OC(F)(F)F)cc3[nH]2)CC1=O. The highest BCUT2D eigenvalue weighted by atomic mass is 19.4. The number of aromatic amines is 1. The monoisotopic (exact) mass is 355 g/mol. The quantitative estimate of drug-likeness (QED) is 0.888. The third kappa shape index (κ3) is 4.04. The lowest BCUT2D eigenvalue weighted by Crippen LogP contribution is -2.46. The molecule has 6 nitrogen and oxygen atoms in total. The van der Waals surface area contributed by atoms with Crippen molar-refractivity contribution < 1.29 is 27.5 Å². The lowest BCUT2D eigenvalue weighted by atomic mass is 10.0. The number of rotatable bonds is 3. The van der Waals surface area contributed by atoms with Gasteiger partial charge < -0.3 is 19.9 Å². The van der Waals surface area contributed by atoms with Gasteiger partial charge in [0, 0.05) is 43.0 Å². The summed E-state index contributed by atoms with van der Waals surface area (Å²) in [5.41, 5.74) is 0.567. The topological polar surface area (TPSA) is 74.4 Å². The first-order valence-corrected chi connectivity index (χ1v) is 7.64. The molecule has 1 unspecified atom stereocenters. The number of nitrogens with zero attached hydrogens (tertiary/aromatic N) is 1. The number of amides is 2. The first-order valence-electron chi connectivity index (χ1n) is 7.64. The molecule has 0 spiro atoms. The van der Waals surface area contributed by atoms with Crippen molar-refractivity contribution in [2.24, 2.45) is 0 Å². The number of carbonyl (C=O) groups excluding carboxylic acids is 2. The smallest absolute Gasteiger partial charge is 0.406 e. The Hall–Kier alpha value is -2.71. The van der Waals surface area contributed by atoms with E-state index in [0.29, 0.717) is 23.9 Å². The van der Waals surface area contributed by atoms with Crippen molar-refractivity contribution in [1.29, 1.82) is 0 Å². The minimum atomic E-state index is -4.78. The molecule has 2 aromatic rings. The number of likely N-dealkylation sites (tertiary alicyclic amines) is 1. The summed E-state index contributed by atoms with van der Waals surface area (Å²) in [5.74, 6) is -0.811. The second kappa shape index (κ2) is 6.30. The zero-order chi connectivity index (χ0) is 18.2. The van der Waals surface area contributed by atoms with Crippen LogP contribution in [0.15, 0.2) is 24.3 Å². The van der Waals surface area contributed by atoms with Gasteiger partial charge in [-0.05, 0) is 24.6 Å². The van der Waals surface area contributed by atoms with Gasteiger partial charge in [-0.3, -0.25) is 9.59 Å². The summed E-state index contributed by atoms with van der Waals surface area (Å²) in [6, 6.07) is 5.08. The van der Waals surface area contributed by atoms with E-state index in [-0.39, 0.29) is 29.8 Å². The van der Waals surface area contributed by atoms with E-state index in [1.807, 2.05) is 0 Å². The summed E-state index contributed by atoms with van der Waals surface area (Å²) in [6.07, 6.45) is -3.90. The molecule has 1 aliphatic rings. The Bertz CT molecular complexity index is 816. The number of alkyl halides is 3. The van der Waals surface area contributed by atoms with Crippen molar-refractivity contribution >= 4 is 22.7 Å². The van der Waals surface area contributed by atoms with Crippen LogP contribution in [0.5, 0.6) is 5.75 Å². The fourth-order valence-corrected chi connectivity index (χ4v) is 2.75. The minimum Gasteiger partial charge on any atom is -0.406 e. The Morgan fingerprint density at radius 3 is 2.80 bits per heavy atom. The molecule has 1 fully saturated rings. The van der Waals surface area contributed by atoms with Crippen LogP contribution in [0.4, 0.5) is 13.2 Å². The average Bonchev–Trinajstić information content (AvgIpc) is 2.92.